The van der Waals surface area contributed by atoms with Crippen LogP contribution in [0, 0.1) is 0 Å². The van der Waals surface area contributed by atoms with Crippen LogP contribution in [0.15, 0.2) is 48.5 Å². The summed E-state index contributed by atoms with van der Waals surface area (Å²) in [6, 6.07) is 9.34. The minimum Gasteiger partial charge on any atom is -0.452 e. The Morgan fingerprint density at radius 3 is 2.30 bits per heavy atom. The molecule has 0 saturated carbocycles. The molecular weight excluding hydrogens is 425 g/mol. The molecule has 0 atom stereocenters. The highest BCUT2D eigenvalue weighted by Crippen LogP contribution is 2.29. The number of esters is 1. The van der Waals surface area contributed by atoms with Crippen molar-refractivity contribution in [1.82, 2.24) is 0 Å². The fourth-order valence-electron chi connectivity index (χ4n) is 2.36. The quantitative estimate of drug-likeness (QED) is 0.606. The van der Waals surface area contributed by atoms with Gasteiger partial charge in [0.15, 0.2) is 6.61 Å². The van der Waals surface area contributed by atoms with Gasteiger partial charge in [0.1, 0.15) is 0 Å². The third kappa shape index (κ3) is 7.07. The van der Waals surface area contributed by atoms with E-state index in [2.05, 4.69) is 10.0 Å². The van der Waals surface area contributed by atoms with Crippen LogP contribution in [0.3, 0.4) is 0 Å². The summed E-state index contributed by atoms with van der Waals surface area (Å²) in [6.45, 7) is 1.04. The highest BCUT2D eigenvalue weighted by molar-refractivity contribution is 7.92. The van der Waals surface area contributed by atoms with Crippen LogP contribution in [0.1, 0.15) is 29.3 Å². The highest BCUT2D eigenvalue weighted by Gasteiger charge is 2.30. The van der Waals surface area contributed by atoms with Crippen LogP contribution in [0.25, 0.3) is 0 Å². The third-order valence-corrected chi connectivity index (χ3v) is 5.17. The second-order valence-electron chi connectivity index (χ2n) is 6.20. The fourth-order valence-corrected chi connectivity index (χ4v) is 3.49. The van der Waals surface area contributed by atoms with Crippen molar-refractivity contribution in [2.75, 3.05) is 22.4 Å². The Balaban J connectivity index is 1.92. The molecule has 0 fully saturated rings. The number of carbonyl (C=O) groups excluding carboxylic acids is 2. The first-order valence-electron chi connectivity index (χ1n) is 8.75. The second-order valence-corrected chi connectivity index (χ2v) is 8.04. The molecule has 0 saturated heterocycles. The molecular formula is C19H19F3N2O5S. The summed E-state index contributed by atoms with van der Waals surface area (Å²) in [4.78, 5) is 24.0. The van der Waals surface area contributed by atoms with E-state index in [1.165, 1.54) is 24.3 Å². The lowest BCUT2D eigenvalue weighted by Crippen LogP contribution is -2.21. The van der Waals surface area contributed by atoms with E-state index in [0.29, 0.717) is 6.42 Å². The van der Waals surface area contributed by atoms with Crippen molar-refractivity contribution >= 4 is 33.3 Å². The normalized spacial score (nSPS) is 11.6. The first-order chi connectivity index (χ1) is 14.0. The molecule has 11 heteroatoms. The standard InChI is InChI=1S/C19H19F3N2O5S/c1-2-10-30(27,28)24-16-5-3-4-13(11-16)18(26)29-12-17(25)23-15-8-6-14(7-9-15)19(20,21)22/h3-9,11,24H,2,10,12H2,1H3,(H,23,25). The SMILES string of the molecule is CCCS(=O)(=O)Nc1cccc(C(=O)OCC(=O)Nc2ccc(C(F)(F)F)cc2)c1. The van der Waals surface area contributed by atoms with Crippen molar-refractivity contribution in [1.29, 1.82) is 0 Å². The Bertz CT molecular complexity index is 1010. The zero-order valence-corrected chi connectivity index (χ0v) is 16.6. The van der Waals surface area contributed by atoms with Gasteiger partial charge in [-0.2, -0.15) is 13.2 Å². The van der Waals surface area contributed by atoms with Crippen molar-refractivity contribution in [3.05, 3.63) is 59.7 Å². The van der Waals surface area contributed by atoms with Crippen LogP contribution in [0.4, 0.5) is 24.5 Å². The highest BCUT2D eigenvalue weighted by atomic mass is 32.2. The number of hydrogen-bond donors (Lipinski definition) is 2. The van der Waals surface area contributed by atoms with E-state index in [1.54, 1.807) is 6.92 Å². The number of carbonyl (C=O) groups is 2. The molecule has 2 aromatic carbocycles. The molecule has 2 rings (SSSR count). The van der Waals surface area contributed by atoms with E-state index in [9.17, 15) is 31.2 Å². The van der Waals surface area contributed by atoms with Crippen LogP contribution in [0.5, 0.6) is 0 Å². The topological polar surface area (TPSA) is 102 Å². The molecule has 30 heavy (non-hydrogen) atoms. The number of halogens is 3. The number of hydrogen-bond acceptors (Lipinski definition) is 5. The van der Waals surface area contributed by atoms with Gasteiger partial charge in [0, 0.05) is 11.4 Å². The van der Waals surface area contributed by atoms with E-state index >= 15 is 0 Å². The van der Waals surface area contributed by atoms with Gasteiger partial charge in [-0.25, -0.2) is 13.2 Å². The fraction of sp³-hybridized carbons (Fsp3) is 0.263. The van der Waals surface area contributed by atoms with Gasteiger partial charge in [-0.15, -0.1) is 0 Å². The van der Waals surface area contributed by atoms with E-state index in [0.717, 1.165) is 24.3 Å². The maximum Gasteiger partial charge on any atom is 0.416 e. The van der Waals surface area contributed by atoms with Gasteiger partial charge in [-0.05, 0) is 48.9 Å². The molecule has 7 nitrogen and oxygen atoms in total. The average Bonchev–Trinajstić information content (AvgIpc) is 2.65. The Morgan fingerprint density at radius 2 is 1.70 bits per heavy atom. The van der Waals surface area contributed by atoms with E-state index < -0.39 is 40.2 Å². The Morgan fingerprint density at radius 1 is 1.03 bits per heavy atom. The van der Waals surface area contributed by atoms with Crippen LogP contribution in [-0.4, -0.2) is 32.7 Å². The lowest BCUT2D eigenvalue weighted by atomic mass is 10.2. The van der Waals surface area contributed by atoms with Crippen molar-refractivity contribution in [3.8, 4) is 0 Å². The van der Waals surface area contributed by atoms with Crippen molar-refractivity contribution in [3.63, 3.8) is 0 Å². The number of rotatable bonds is 8. The molecule has 0 heterocycles. The summed E-state index contributed by atoms with van der Waals surface area (Å²) in [5, 5.41) is 2.31. The predicted molar refractivity (Wildman–Crippen MR) is 104 cm³/mol. The molecule has 0 aromatic heterocycles. The van der Waals surface area contributed by atoms with E-state index in [4.69, 9.17) is 4.74 Å². The van der Waals surface area contributed by atoms with Crippen LogP contribution in [-0.2, 0) is 25.7 Å². The zero-order chi connectivity index (χ0) is 22.4. The smallest absolute Gasteiger partial charge is 0.416 e. The van der Waals surface area contributed by atoms with E-state index in [-0.39, 0.29) is 22.7 Å². The minimum absolute atomic E-state index is 0.0222. The Kier molecular flexibility index (Phi) is 7.43. The predicted octanol–water partition coefficient (Wildman–Crippen LogP) is 3.65. The second kappa shape index (κ2) is 9.61. The number of sulfonamides is 1. The summed E-state index contributed by atoms with van der Waals surface area (Å²) in [6.07, 6.45) is -4.07. The number of amides is 1. The maximum atomic E-state index is 12.5. The molecule has 0 radical (unpaired) electrons. The first-order valence-corrected chi connectivity index (χ1v) is 10.4. The molecule has 0 unspecified atom stereocenters. The van der Waals surface area contributed by atoms with Crippen LogP contribution >= 0.6 is 0 Å². The van der Waals surface area contributed by atoms with Gasteiger partial charge in [0.05, 0.1) is 16.9 Å². The number of nitrogens with one attached hydrogen (secondary N) is 2. The molecule has 1 amide bonds. The summed E-state index contributed by atoms with van der Waals surface area (Å²) >= 11 is 0. The summed E-state index contributed by atoms with van der Waals surface area (Å²) in [7, 11) is -3.54. The summed E-state index contributed by atoms with van der Waals surface area (Å²) in [5.41, 5.74) is -0.557. The van der Waals surface area contributed by atoms with Crippen molar-refractivity contribution in [2.24, 2.45) is 0 Å². The molecule has 0 bridgehead atoms. The Hall–Kier alpha value is -3.08. The molecule has 0 aliphatic carbocycles. The lowest BCUT2D eigenvalue weighted by Gasteiger charge is -2.10. The largest absolute Gasteiger partial charge is 0.452 e. The van der Waals surface area contributed by atoms with Crippen LogP contribution < -0.4 is 10.0 Å². The van der Waals surface area contributed by atoms with Gasteiger partial charge < -0.3 is 10.1 Å². The minimum atomic E-state index is -4.49. The lowest BCUT2D eigenvalue weighted by molar-refractivity contribution is -0.137. The Labute approximate surface area is 171 Å². The monoisotopic (exact) mass is 444 g/mol. The number of ether oxygens (including phenoxy) is 1. The van der Waals surface area contributed by atoms with Gasteiger partial charge in [0.2, 0.25) is 10.0 Å². The van der Waals surface area contributed by atoms with Gasteiger partial charge >= 0.3 is 12.1 Å². The van der Waals surface area contributed by atoms with E-state index in [1.807, 2.05) is 0 Å². The molecule has 2 N–H and O–H groups in total. The number of alkyl halides is 3. The number of benzene rings is 2. The van der Waals surface area contributed by atoms with Crippen molar-refractivity contribution < 1.29 is 35.9 Å². The van der Waals surface area contributed by atoms with Gasteiger partial charge in [-0.1, -0.05) is 13.0 Å². The number of anilines is 2. The van der Waals surface area contributed by atoms with Crippen molar-refractivity contribution in [2.45, 2.75) is 19.5 Å². The molecule has 0 spiro atoms. The summed E-state index contributed by atoms with van der Waals surface area (Å²) < 4.78 is 68.4. The zero-order valence-electron chi connectivity index (χ0n) is 15.8. The third-order valence-electron chi connectivity index (χ3n) is 3.67. The van der Waals surface area contributed by atoms with Crippen LogP contribution in [0.2, 0.25) is 0 Å². The molecule has 162 valence electrons. The average molecular weight is 444 g/mol. The molecule has 0 aliphatic heterocycles. The molecule has 2 aromatic rings. The summed E-state index contributed by atoms with van der Waals surface area (Å²) in [5.74, 6) is -1.69. The maximum absolute atomic E-state index is 12.5. The molecule has 0 aliphatic rings. The first kappa shape index (κ1) is 23.2. The van der Waals surface area contributed by atoms with Gasteiger partial charge in [0.25, 0.3) is 5.91 Å². The van der Waals surface area contributed by atoms with Gasteiger partial charge in [-0.3, -0.25) is 9.52 Å².